The molecule has 1 saturated heterocycles. The summed E-state index contributed by atoms with van der Waals surface area (Å²) < 4.78 is 10.2. The molecule has 2 atom stereocenters. The van der Waals surface area contributed by atoms with Gasteiger partial charge in [0.25, 0.3) is 0 Å². The molecule has 0 aromatic heterocycles. The van der Waals surface area contributed by atoms with Gasteiger partial charge in [0.15, 0.2) is 5.78 Å². The van der Waals surface area contributed by atoms with Crippen LogP contribution in [0.1, 0.15) is 29.6 Å². The molecule has 1 aromatic rings. The third-order valence-electron chi connectivity index (χ3n) is 3.59. The fourth-order valence-electron chi connectivity index (χ4n) is 2.39. The number of hydrogen-bond donors (Lipinski definition) is 1. The zero-order valence-corrected chi connectivity index (χ0v) is 12.2. The molecule has 0 amide bonds. The van der Waals surface area contributed by atoms with E-state index in [0.717, 1.165) is 19.4 Å². The lowest BCUT2D eigenvalue weighted by molar-refractivity contribution is -0.141. The summed E-state index contributed by atoms with van der Waals surface area (Å²) in [7, 11) is 1.33. The number of nitrogens with one attached hydrogen (secondary N) is 1. The summed E-state index contributed by atoms with van der Waals surface area (Å²) in [5.74, 6) is -0.497. The molecule has 21 heavy (non-hydrogen) atoms. The summed E-state index contributed by atoms with van der Waals surface area (Å²) in [6.07, 6.45) is 2.17. The molecule has 5 heteroatoms. The van der Waals surface area contributed by atoms with Crippen LogP contribution in [0.15, 0.2) is 30.3 Å². The first-order valence-electron chi connectivity index (χ1n) is 7.21. The minimum Gasteiger partial charge on any atom is -0.469 e. The highest BCUT2D eigenvalue weighted by molar-refractivity contribution is 6.01. The van der Waals surface area contributed by atoms with Gasteiger partial charge in [0.1, 0.15) is 0 Å². The predicted molar refractivity (Wildman–Crippen MR) is 78.2 cm³/mol. The Kier molecular flexibility index (Phi) is 5.90. The van der Waals surface area contributed by atoms with Crippen molar-refractivity contribution in [1.29, 1.82) is 0 Å². The molecule has 0 bridgehead atoms. The molecule has 0 aliphatic carbocycles. The van der Waals surface area contributed by atoms with Crippen molar-refractivity contribution < 1.29 is 19.1 Å². The van der Waals surface area contributed by atoms with Crippen molar-refractivity contribution in [1.82, 2.24) is 5.32 Å². The van der Waals surface area contributed by atoms with Gasteiger partial charge in [0.05, 0.1) is 25.7 Å². The first-order chi connectivity index (χ1) is 10.2. The molecule has 1 fully saturated rings. The topological polar surface area (TPSA) is 64.6 Å². The van der Waals surface area contributed by atoms with Crippen molar-refractivity contribution in [3.05, 3.63) is 35.9 Å². The Morgan fingerprint density at radius 1 is 1.38 bits per heavy atom. The molecule has 0 spiro atoms. The number of esters is 1. The van der Waals surface area contributed by atoms with Crippen LogP contribution in [0.4, 0.5) is 0 Å². The number of methoxy groups -OCH3 is 1. The van der Waals surface area contributed by atoms with Crippen LogP contribution in [0.25, 0.3) is 0 Å². The Bertz CT molecular complexity index is 468. The van der Waals surface area contributed by atoms with Crippen LogP contribution in [0.3, 0.4) is 0 Å². The Morgan fingerprint density at radius 2 is 2.14 bits per heavy atom. The van der Waals surface area contributed by atoms with Crippen molar-refractivity contribution in [2.75, 3.05) is 20.3 Å². The molecule has 2 rings (SSSR count). The molecule has 0 radical (unpaired) electrons. The summed E-state index contributed by atoms with van der Waals surface area (Å²) in [5, 5.41) is 3.15. The van der Waals surface area contributed by atoms with E-state index in [9.17, 15) is 9.59 Å². The highest BCUT2D eigenvalue weighted by Crippen LogP contribution is 2.12. The molecule has 0 saturated carbocycles. The maximum Gasteiger partial charge on any atom is 0.307 e. The van der Waals surface area contributed by atoms with Gasteiger partial charge in [0, 0.05) is 18.7 Å². The van der Waals surface area contributed by atoms with Crippen molar-refractivity contribution in [2.24, 2.45) is 0 Å². The average Bonchev–Trinajstić information content (AvgIpc) is 3.04. The highest BCUT2D eigenvalue weighted by Gasteiger charge is 2.25. The second-order valence-corrected chi connectivity index (χ2v) is 5.11. The third-order valence-corrected chi connectivity index (χ3v) is 3.59. The van der Waals surface area contributed by atoms with Gasteiger partial charge in [-0.2, -0.15) is 0 Å². The number of rotatable bonds is 7. The van der Waals surface area contributed by atoms with Crippen LogP contribution in [0, 0.1) is 0 Å². The van der Waals surface area contributed by atoms with Crippen molar-refractivity contribution in [2.45, 2.75) is 31.4 Å². The molecule has 1 aliphatic rings. The van der Waals surface area contributed by atoms with E-state index < -0.39 is 12.0 Å². The number of carbonyl (C=O) groups is 2. The quantitative estimate of drug-likeness (QED) is 0.610. The van der Waals surface area contributed by atoms with E-state index in [0.29, 0.717) is 12.1 Å². The second-order valence-electron chi connectivity index (χ2n) is 5.11. The lowest BCUT2D eigenvalue weighted by Crippen LogP contribution is -2.42. The summed E-state index contributed by atoms with van der Waals surface area (Å²) >= 11 is 0. The first-order valence-corrected chi connectivity index (χ1v) is 7.21. The van der Waals surface area contributed by atoms with E-state index in [2.05, 4.69) is 10.1 Å². The smallest absolute Gasteiger partial charge is 0.307 e. The Balaban J connectivity index is 2.00. The van der Waals surface area contributed by atoms with Crippen molar-refractivity contribution >= 4 is 11.8 Å². The van der Waals surface area contributed by atoms with Crippen LogP contribution < -0.4 is 5.32 Å². The van der Waals surface area contributed by atoms with Gasteiger partial charge in [-0.3, -0.25) is 9.59 Å². The highest BCUT2D eigenvalue weighted by atomic mass is 16.5. The number of carbonyl (C=O) groups excluding carboxylic acids is 2. The number of ether oxygens (including phenoxy) is 2. The standard InChI is InChI=1S/C16H21NO4/c1-20-15(18)10-14(17-11-13-8-5-9-21-13)16(19)12-6-3-2-4-7-12/h2-4,6-7,13-14,17H,5,8-11H2,1H3. The van der Waals surface area contributed by atoms with Crippen molar-refractivity contribution in [3.63, 3.8) is 0 Å². The largest absolute Gasteiger partial charge is 0.469 e. The van der Waals surface area contributed by atoms with Gasteiger partial charge >= 0.3 is 5.97 Å². The molecule has 1 aromatic carbocycles. The zero-order chi connectivity index (χ0) is 15.1. The molecule has 5 nitrogen and oxygen atoms in total. The van der Waals surface area contributed by atoms with Crippen molar-refractivity contribution in [3.8, 4) is 0 Å². The monoisotopic (exact) mass is 291 g/mol. The van der Waals surface area contributed by atoms with Crippen LogP contribution in [-0.4, -0.2) is 44.2 Å². The van der Waals surface area contributed by atoms with Crippen LogP contribution in [0.2, 0.25) is 0 Å². The molecular weight excluding hydrogens is 270 g/mol. The minimum absolute atomic E-state index is 0.0247. The van der Waals surface area contributed by atoms with Gasteiger partial charge in [0.2, 0.25) is 0 Å². The number of benzene rings is 1. The fraction of sp³-hybridized carbons (Fsp3) is 0.500. The fourth-order valence-corrected chi connectivity index (χ4v) is 2.39. The molecular formula is C16H21NO4. The maximum atomic E-state index is 12.5. The van der Waals surface area contributed by atoms with Gasteiger partial charge in [-0.25, -0.2) is 0 Å². The van der Waals surface area contributed by atoms with E-state index >= 15 is 0 Å². The average molecular weight is 291 g/mol. The van der Waals surface area contributed by atoms with E-state index in [-0.39, 0.29) is 18.3 Å². The normalized spacial score (nSPS) is 19.2. The zero-order valence-electron chi connectivity index (χ0n) is 12.2. The number of ketones is 1. The van der Waals surface area contributed by atoms with Crippen LogP contribution in [-0.2, 0) is 14.3 Å². The lowest BCUT2D eigenvalue weighted by Gasteiger charge is -2.19. The maximum absolute atomic E-state index is 12.5. The Morgan fingerprint density at radius 3 is 2.76 bits per heavy atom. The predicted octanol–water partition coefficient (Wildman–Crippen LogP) is 1.57. The molecule has 114 valence electrons. The summed E-state index contributed by atoms with van der Waals surface area (Å²) in [5.41, 5.74) is 0.589. The van der Waals surface area contributed by atoms with Crippen LogP contribution in [0.5, 0.6) is 0 Å². The number of hydrogen-bond acceptors (Lipinski definition) is 5. The van der Waals surface area contributed by atoms with E-state index in [4.69, 9.17) is 4.74 Å². The number of Topliss-reactive ketones (excluding diaryl/α,β-unsaturated/α-hetero) is 1. The van der Waals surface area contributed by atoms with E-state index in [1.54, 1.807) is 12.1 Å². The van der Waals surface area contributed by atoms with Gasteiger partial charge in [-0.15, -0.1) is 0 Å². The van der Waals surface area contributed by atoms with Gasteiger partial charge < -0.3 is 14.8 Å². The Hall–Kier alpha value is -1.72. The Labute approximate surface area is 124 Å². The van der Waals surface area contributed by atoms with E-state index in [1.165, 1.54) is 7.11 Å². The second kappa shape index (κ2) is 7.90. The third kappa shape index (κ3) is 4.65. The molecule has 2 unspecified atom stereocenters. The summed E-state index contributed by atoms with van der Waals surface area (Å²) in [4.78, 5) is 24.0. The minimum atomic E-state index is -0.580. The molecule has 1 N–H and O–H groups in total. The lowest BCUT2D eigenvalue weighted by atomic mass is 10.0. The van der Waals surface area contributed by atoms with Gasteiger partial charge in [-0.05, 0) is 12.8 Å². The summed E-state index contributed by atoms with van der Waals surface area (Å²) in [6.45, 7) is 1.33. The SMILES string of the molecule is COC(=O)CC(NCC1CCCO1)C(=O)c1ccccc1. The molecule has 1 heterocycles. The molecule has 1 aliphatic heterocycles. The van der Waals surface area contributed by atoms with E-state index in [1.807, 2.05) is 18.2 Å². The van der Waals surface area contributed by atoms with Crippen LogP contribution >= 0.6 is 0 Å². The summed E-state index contributed by atoms with van der Waals surface area (Å²) in [6, 6.07) is 8.39. The van der Waals surface area contributed by atoms with Gasteiger partial charge in [-0.1, -0.05) is 30.3 Å². The first kappa shape index (κ1) is 15.7.